The van der Waals surface area contributed by atoms with Gasteiger partial charge in [0.05, 0.1) is 25.2 Å². The smallest absolute Gasteiger partial charge is 0.242 e. The molecule has 32 heavy (non-hydrogen) atoms. The van der Waals surface area contributed by atoms with E-state index in [0.29, 0.717) is 38.2 Å². The Bertz CT molecular complexity index is 1010. The van der Waals surface area contributed by atoms with Crippen molar-refractivity contribution in [1.82, 2.24) is 9.80 Å². The van der Waals surface area contributed by atoms with Crippen molar-refractivity contribution in [3.05, 3.63) is 59.9 Å². The zero-order valence-electron chi connectivity index (χ0n) is 17.8. The van der Waals surface area contributed by atoms with Gasteiger partial charge in [0.2, 0.25) is 11.8 Å². The first-order valence-electron chi connectivity index (χ1n) is 11.2. The molecule has 3 atom stereocenters. The van der Waals surface area contributed by atoms with Crippen LogP contribution in [0, 0.1) is 11.7 Å². The minimum atomic E-state index is -0.299. The van der Waals surface area contributed by atoms with Crippen LogP contribution in [0.15, 0.2) is 48.5 Å². The van der Waals surface area contributed by atoms with Crippen LogP contribution >= 0.6 is 0 Å². The third-order valence-electron chi connectivity index (χ3n) is 7.11. The molecular weight excluding hydrogens is 411 g/mol. The normalized spacial score (nSPS) is 25.9. The van der Waals surface area contributed by atoms with Crippen molar-refractivity contribution in [2.75, 3.05) is 32.9 Å². The lowest BCUT2D eigenvalue weighted by atomic mass is 9.73. The fourth-order valence-electron chi connectivity index (χ4n) is 5.45. The Morgan fingerprint density at radius 2 is 1.81 bits per heavy atom. The number of ether oxygens (including phenoxy) is 1. The maximum absolute atomic E-state index is 14.1. The lowest BCUT2D eigenvalue weighted by Gasteiger charge is -2.59. The monoisotopic (exact) mass is 438 g/mol. The second kappa shape index (κ2) is 8.64. The number of piperazine rings is 1. The van der Waals surface area contributed by atoms with Gasteiger partial charge in [-0.05, 0) is 30.0 Å². The summed E-state index contributed by atoms with van der Waals surface area (Å²) in [6, 6.07) is 13.8. The van der Waals surface area contributed by atoms with Gasteiger partial charge in [0.1, 0.15) is 5.82 Å². The van der Waals surface area contributed by atoms with E-state index in [1.807, 2.05) is 24.3 Å². The van der Waals surface area contributed by atoms with Crippen LogP contribution in [0.4, 0.5) is 4.39 Å². The van der Waals surface area contributed by atoms with Crippen molar-refractivity contribution in [3.8, 4) is 11.1 Å². The van der Waals surface area contributed by atoms with Gasteiger partial charge in [0, 0.05) is 37.2 Å². The fraction of sp³-hybridized carbons (Fsp3) is 0.440. The molecule has 0 aliphatic carbocycles. The molecule has 2 aromatic rings. The van der Waals surface area contributed by atoms with E-state index >= 15 is 0 Å². The average Bonchev–Trinajstić information content (AvgIpc) is 2.81. The molecule has 7 heteroatoms. The Kier molecular flexibility index (Phi) is 5.69. The fourth-order valence-corrected chi connectivity index (χ4v) is 5.45. The van der Waals surface area contributed by atoms with Gasteiger partial charge in [-0.15, -0.1) is 0 Å². The summed E-state index contributed by atoms with van der Waals surface area (Å²) in [5.74, 6) is -0.509. The van der Waals surface area contributed by atoms with E-state index < -0.39 is 0 Å². The van der Waals surface area contributed by atoms with E-state index in [4.69, 9.17) is 4.74 Å². The highest BCUT2D eigenvalue weighted by Gasteiger charge is 2.54. The topological polar surface area (TPSA) is 70.1 Å². The third-order valence-corrected chi connectivity index (χ3v) is 7.11. The number of nitrogens with zero attached hydrogens (tertiary/aromatic N) is 2. The molecular formula is C25H27FN2O4. The molecule has 1 N–H and O–H groups in total. The quantitative estimate of drug-likeness (QED) is 0.796. The van der Waals surface area contributed by atoms with Crippen LogP contribution in [0.1, 0.15) is 24.3 Å². The van der Waals surface area contributed by atoms with Crippen LogP contribution in [0.5, 0.6) is 0 Å². The Hall–Kier alpha value is -2.77. The van der Waals surface area contributed by atoms with Crippen LogP contribution in [-0.2, 0) is 14.3 Å². The first kappa shape index (κ1) is 21.1. The van der Waals surface area contributed by atoms with Crippen molar-refractivity contribution in [3.63, 3.8) is 0 Å². The zero-order chi connectivity index (χ0) is 22.2. The molecule has 0 aromatic heterocycles. The van der Waals surface area contributed by atoms with E-state index in [1.54, 1.807) is 28.0 Å². The molecule has 3 heterocycles. The lowest BCUT2D eigenvalue weighted by Crippen LogP contribution is -2.73. The molecule has 0 spiro atoms. The first-order chi connectivity index (χ1) is 15.6. The number of fused-ring (bicyclic) bond motifs is 1. The summed E-state index contributed by atoms with van der Waals surface area (Å²) in [4.78, 5) is 29.3. The molecule has 3 saturated heterocycles. The number of carbonyl (C=O) groups is 2. The number of aliphatic hydroxyl groups is 1. The SMILES string of the molecule is O=C(C1CCOCC1)N1CC(=O)N2[C@H](CO)[C@@H](c3ccc(-c4ccccc4F)cc3)[C@H]2C1. The number of halogens is 1. The summed E-state index contributed by atoms with van der Waals surface area (Å²) in [6.45, 7) is 1.57. The number of carbonyl (C=O) groups excluding carboxylic acids is 2. The number of amides is 2. The van der Waals surface area contributed by atoms with Crippen LogP contribution in [-0.4, -0.2) is 71.7 Å². The molecule has 2 amide bonds. The Balaban J connectivity index is 1.36. The summed E-state index contributed by atoms with van der Waals surface area (Å²) < 4.78 is 19.5. The van der Waals surface area contributed by atoms with E-state index in [1.165, 1.54) is 6.07 Å². The molecule has 0 radical (unpaired) electrons. The second-order valence-electron chi connectivity index (χ2n) is 8.85. The number of hydrogen-bond donors (Lipinski definition) is 1. The van der Waals surface area contributed by atoms with Crippen molar-refractivity contribution in [2.24, 2.45) is 5.92 Å². The van der Waals surface area contributed by atoms with Gasteiger partial charge in [0.25, 0.3) is 0 Å². The van der Waals surface area contributed by atoms with Crippen LogP contribution in [0.3, 0.4) is 0 Å². The lowest BCUT2D eigenvalue weighted by molar-refractivity contribution is -0.169. The largest absolute Gasteiger partial charge is 0.394 e. The van der Waals surface area contributed by atoms with Crippen molar-refractivity contribution in [2.45, 2.75) is 30.8 Å². The maximum atomic E-state index is 14.1. The first-order valence-corrected chi connectivity index (χ1v) is 11.2. The van der Waals surface area contributed by atoms with Gasteiger partial charge in [0.15, 0.2) is 0 Å². The van der Waals surface area contributed by atoms with Gasteiger partial charge in [-0.1, -0.05) is 42.5 Å². The Morgan fingerprint density at radius 3 is 2.50 bits per heavy atom. The van der Waals surface area contributed by atoms with Gasteiger partial charge >= 0.3 is 0 Å². The Labute approximate surface area is 186 Å². The summed E-state index contributed by atoms with van der Waals surface area (Å²) in [5.41, 5.74) is 2.30. The van der Waals surface area contributed by atoms with E-state index in [-0.39, 0.29) is 54.7 Å². The standard InChI is InChI=1S/C25H27FN2O4/c26-20-4-2-1-3-19(20)16-5-7-17(8-6-16)24-21-13-27(14-23(30)28(21)22(24)15-29)25(31)18-9-11-32-12-10-18/h1-8,18,21-22,24,29H,9-15H2/t21-,22-,24+/m1/s1. The van der Waals surface area contributed by atoms with Crippen LogP contribution < -0.4 is 0 Å². The van der Waals surface area contributed by atoms with Crippen LogP contribution in [0.25, 0.3) is 11.1 Å². The predicted molar refractivity (Wildman–Crippen MR) is 116 cm³/mol. The molecule has 0 bridgehead atoms. The van der Waals surface area contributed by atoms with Crippen molar-refractivity contribution < 1.29 is 23.8 Å². The average molecular weight is 438 g/mol. The maximum Gasteiger partial charge on any atom is 0.242 e. The molecule has 6 nitrogen and oxygen atoms in total. The second-order valence-corrected chi connectivity index (χ2v) is 8.85. The molecule has 168 valence electrons. The zero-order valence-corrected chi connectivity index (χ0v) is 17.8. The number of aliphatic hydroxyl groups excluding tert-OH is 1. The minimum absolute atomic E-state index is 0.0300. The van der Waals surface area contributed by atoms with Crippen molar-refractivity contribution >= 4 is 11.8 Å². The number of rotatable bonds is 4. The van der Waals surface area contributed by atoms with Crippen LogP contribution in [0.2, 0.25) is 0 Å². The van der Waals surface area contributed by atoms with Gasteiger partial charge < -0.3 is 19.6 Å². The summed E-state index contributed by atoms with van der Waals surface area (Å²) in [7, 11) is 0. The van der Waals surface area contributed by atoms with E-state index in [2.05, 4.69) is 0 Å². The molecule has 3 aliphatic rings. The van der Waals surface area contributed by atoms with E-state index in [9.17, 15) is 19.1 Å². The third kappa shape index (κ3) is 3.59. The molecule has 0 unspecified atom stereocenters. The highest BCUT2D eigenvalue weighted by atomic mass is 19.1. The Morgan fingerprint density at radius 1 is 1.09 bits per heavy atom. The molecule has 2 aromatic carbocycles. The molecule has 5 rings (SSSR count). The highest BCUT2D eigenvalue weighted by molar-refractivity contribution is 5.88. The number of hydrogen-bond acceptors (Lipinski definition) is 4. The predicted octanol–water partition coefficient (Wildman–Crippen LogP) is 2.42. The van der Waals surface area contributed by atoms with Crippen molar-refractivity contribution in [1.29, 1.82) is 0 Å². The summed E-state index contributed by atoms with van der Waals surface area (Å²) >= 11 is 0. The number of benzene rings is 2. The molecule has 0 saturated carbocycles. The molecule has 3 fully saturated rings. The summed E-state index contributed by atoms with van der Waals surface area (Å²) in [5, 5.41) is 9.98. The van der Waals surface area contributed by atoms with E-state index in [0.717, 1.165) is 11.1 Å². The highest BCUT2D eigenvalue weighted by Crippen LogP contribution is 2.43. The van der Waals surface area contributed by atoms with Gasteiger partial charge in [-0.3, -0.25) is 9.59 Å². The summed E-state index contributed by atoms with van der Waals surface area (Å²) in [6.07, 6.45) is 1.39. The molecule has 3 aliphatic heterocycles. The minimum Gasteiger partial charge on any atom is -0.394 e. The van der Waals surface area contributed by atoms with Gasteiger partial charge in [-0.2, -0.15) is 0 Å². The van der Waals surface area contributed by atoms with Gasteiger partial charge in [-0.25, -0.2) is 4.39 Å².